The van der Waals surface area contributed by atoms with Crippen LogP contribution in [0.5, 0.6) is 0 Å². The van der Waals surface area contributed by atoms with Crippen molar-refractivity contribution in [3.8, 4) is 10.6 Å². The van der Waals surface area contributed by atoms with E-state index in [2.05, 4.69) is 4.98 Å². The van der Waals surface area contributed by atoms with Gasteiger partial charge in [0.1, 0.15) is 5.01 Å². The maximum absolute atomic E-state index is 8.81. The maximum atomic E-state index is 8.81. The van der Waals surface area contributed by atoms with E-state index in [4.69, 9.17) is 16.7 Å². The van der Waals surface area contributed by atoms with Crippen LogP contribution in [0, 0.1) is 0 Å². The molecule has 15 heavy (non-hydrogen) atoms. The van der Waals surface area contributed by atoms with Gasteiger partial charge < -0.3 is 5.11 Å². The van der Waals surface area contributed by atoms with Gasteiger partial charge in [-0.2, -0.15) is 0 Å². The first-order chi connectivity index (χ1) is 7.31. The molecule has 0 unspecified atom stereocenters. The Morgan fingerprint density at radius 3 is 2.87 bits per heavy atom. The first kappa shape index (κ1) is 10.6. The molecule has 0 spiro atoms. The standard InChI is InChI=1S/C11H10ClNOS/c12-10-4-2-1-3-9(10)11-13-7-8(15-11)5-6-14/h1-4,7,14H,5-6H2. The monoisotopic (exact) mass is 239 g/mol. The highest BCUT2D eigenvalue weighted by atomic mass is 35.5. The zero-order chi connectivity index (χ0) is 10.7. The normalized spacial score (nSPS) is 10.5. The van der Waals surface area contributed by atoms with Crippen molar-refractivity contribution < 1.29 is 5.11 Å². The van der Waals surface area contributed by atoms with Crippen molar-refractivity contribution in [1.29, 1.82) is 0 Å². The number of benzene rings is 1. The molecular weight excluding hydrogens is 230 g/mol. The third-order valence-electron chi connectivity index (χ3n) is 2.02. The molecule has 0 bridgehead atoms. The molecule has 0 saturated carbocycles. The smallest absolute Gasteiger partial charge is 0.125 e. The highest BCUT2D eigenvalue weighted by Gasteiger charge is 2.07. The molecule has 2 rings (SSSR count). The molecule has 0 aliphatic carbocycles. The summed E-state index contributed by atoms with van der Waals surface area (Å²) in [5, 5.41) is 10.4. The summed E-state index contributed by atoms with van der Waals surface area (Å²) in [6.45, 7) is 0.157. The van der Waals surface area contributed by atoms with Gasteiger partial charge in [0.25, 0.3) is 0 Å². The minimum Gasteiger partial charge on any atom is -0.396 e. The predicted molar refractivity (Wildman–Crippen MR) is 63.3 cm³/mol. The molecule has 2 nitrogen and oxygen atoms in total. The highest BCUT2D eigenvalue weighted by Crippen LogP contribution is 2.30. The number of aromatic nitrogens is 1. The van der Waals surface area contributed by atoms with Crippen molar-refractivity contribution in [3.05, 3.63) is 40.4 Å². The van der Waals surface area contributed by atoms with Crippen molar-refractivity contribution in [2.75, 3.05) is 6.61 Å². The van der Waals surface area contributed by atoms with E-state index < -0.39 is 0 Å². The lowest BCUT2D eigenvalue weighted by atomic mass is 10.2. The third kappa shape index (κ3) is 2.37. The van der Waals surface area contributed by atoms with Crippen LogP contribution in [-0.2, 0) is 6.42 Å². The molecular formula is C11H10ClNOS. The van der Waals surface area contributed by atoms with Gasteiger partial charge in [-0.3, -0.25) is 0 Å². The van der Waals surface area contributed by atoms with Gasteiger partial charge in [-0.1, -0.05) is 29.8 Å². The van der Waals surface area contributed by atoms with E-state index in [1.54, 1.807) is 17.5 Å². The number of aliphatic hydroxyl groups is 1. The Hall–Kier alpha value is -0.900. The Morgan fingerprint density at radius 2 is 2.13 bits per heavy atom. The molecule has 0 aliphatic rings. The summed E-state index contributed by atoms with van der Waals surface area (Å²) in [5.74, 6) is 0. The van der Waals surface area contributed by atoms with Gasteiger partial charge in [0.15, 0.2) is 0 Å². The largest absolute Gasteiger partial charge is 0.396 e. The molecule has 4 heteroatoms. The van der Waals surface area contributed by atoms with Crippen LogP contribution in [0.1, 0.15) is 4.88 Å². The Morgan fingerprint density at radius 1 is 1.33 bits per heavy atom. The molecule has 0 aliphatic heterocycles. The molecule has 0 fully saturated rings. The lowest BCUT2D eigenvalue weighted by Crippen LogP contribution is -1.84. The van der Waals surface area contributed by atoms with Crippen LogP contribution in [-0.4, -0.2) is 16.7 Å². The Balaban J connectivity index is 2.33. The fraction of sp³-hybridized carbons (Fsp3) is 0.182. The van der Waals surface area contributed by atoms with Crippen LogP contribution in [0.4, 0.5) is 0 Å². The van der Waals surface area contributed by atoms with E-state index >= 15 is 0 Å². The van der Waals surface area contributed by atoms with Crippen molar-refractivity contribution in [1.82, 2.24) is 4.98 Å². The predicted octanol–water partition coefficient (Wildman–Crippen LogP) is 3.00. The maximum Gasteiger partial charge on any atom is 0.125 e. The van der Waals surface area contributed by atoms with E-state index in [1.807, 2.05) is 24.3 Å². The quantitative estimate of drug-likeness (QED) is 0.893. The Bertz CT molecular complexity index is 455. The van der Waals surface area contributed by atoms with Crippen LogP contribution in [0.25, 0.3) is 10.6 Å². The lowest BCUT2D eigenvalue weighted by Gasteiger charge is -1.97. The Labute approximate surface area is 97.2 Å². The number of hydrogen-bond donors (Lipinski definition) is 1. The summed E-state index contributed by atoms with van der Waals surface area (Å²) in [4.78, 5) is 5.37. The molecule has 0 saturated heterocycles. The average Bonchev–Trinajstić information content (AvgIpc) is 2.68. The summed E-state index contributed by atoms with van der Waals surface area (Å²) in [6, 6.07) is 7.64. The third-order valence-corrected chi connectivity index (χ3v) is 3.44. The number of hydrogen-bond acceptors (Lipinski definition) is 3. The van der Waals surface area contributed by atoms with Gasteiger partial charge >= 0.3 is 0 Å². The second-order valence-electron chi connectivity index (χ2n) is 3.09. The van der Waals surface area contributed by atoms with Crippen LogP contribution in [0.3, 0.4) is 0 Å². The van der Waals surface area contributed by atoms with Gasteiger partial charge in [-0.25, -0.2) is 4.98 Å². The lowest BCUT2D eigenvalue weighted by molar-refractivity contribution is 0.300. The van der Waals surface area contributed by atoms with Crippen LogP contribution in [0.2, 0.25) is 5.02 Å². The van der Waals surface area contributed by atoms with E-state index in [0.717, 1.165) is 15.4 Å². The molecule has 0 amide bonds. The topological polar surface area (TPSA) is 33.1 Å². The van der Waals surface area contributed by atoms with Crippen molar-refractivity contribution in [2.45, 2.75) is 6.42 Å². The van der Waals surface area contributed by atoms with Crippen molar-refractivity contribution in [2.24, 2.45) is 0 Å². The second kappa shape index (κ2) is 4.75. The van der Waals surface area contributed by atoms with Crippen LogP contribution >= 0.6 is 22.9 Å². The molecule has 2 aromatic rings. The SMILES string of the molecule is OCCc1cnc(-c2ccccc2Cl)s1. The molecule has 0 radical (unpaired) electrons. The zero-order valence-electron chi connectivity index (χ0n) is 7.98. The first-order valence-electron chi connectivity index (χ1n) is 4.61. The van der Waals surface area contributed by atoms with E-state index in [9.17, 15) is 0 Å². The summed E-state index contributed by atoms with van der Waals surface area (Å²) >= 11 is 7.63. The van der Waals surface area contributed by atoms with E-state index in [1.165, 1.54) is 0 Å². The average molecular weight is 240 g/mol. The Kier molecular flexibility index (Phi) is 3.36. The van der Waals surface area contributed by atoms with Gasteiger partial charge in [0.2, 0.25) is 0 Å². The molecule has 78 valence electrons. The van der Waals surface area contributed by atoms with Crippen molar-refractivity contribution in [3.63, 3.8) is 0 Å². The number of aliphatic hydroxyl groups excluding tert-OH is 1. The molecule has 0 atom stereocenters. The summed E-state index contributed by atoms with van der Waals surface area (Å²) in [5.41, 5.74) is 0.952. The number of nitrogens with zero attached hydrogens (tertiary/aromatic N) is 1. The van der Waals surface area contributed by atoms with E-state index in [-0.39, 0.29) is 6.61 Å². The van der Waals surface area contributed by atoms with Gasteiger partial charge in [-0.05, 0) is 6.07 Å². The summed E-state index contributed by atoms with van der Waals surface area (Å²) in [7, 11) is 0. The fourth-order valence-corrected chi connectivity index (χ4v) is 2.51. The summed E-state index contributed by atoms with van der Waals surface area (Å²) < 4.78 is 0. The van der Waals surface area contributed by atoms with Crippen LogP contribution < -0.4 is 0 Å². The van der Waals surface area contributed by atoms with Crippen molar-refractivity contribution >= 4 is 22.9 Å². The molecule has 1 aromatic heterocycles. The number of halogens is 1. The van der Waals surface area contributed by atoms with Gasteiger partial charge in [-0.15, -0.1) is 11.3 Å². The number of thiazole rings is 1. The second-order valence-corrected chi connectivity index (χ2v) is 4.61. The summed E-state index contributed by atoms with van der Waals surface area (Å²) in [6.07, 6.45) is 2.45. The van der Waals surface area contributed by atoms with Gasteiger partial charge in [0, 0.05) is 29.7 Å². The minimum atomic E-state index is 0.157. The molecule has 1 heterocycles. The van der Waals surface area contributed by atoms with Crippen LogP contribution in [0.15, 0.2) is 30.5 Å². The first-order valence-corrected chi connectivity index (χ1v) is 5.81. The fourth-order valence-electron chi connectivity index (χ4n) is 1.29. The van der Waals surface area contributed by atoms with Gasteiger partial charge in [0.05, 0.1) is 5.02 Å². The van der Waals surface area contributed by atoms with E-state index in [0.29, 0.717) is 11.4 Å². The number of rotatable bonds is 3. The molecule has 1 aromatic carbocycles. The minimum absolute atomic E-state index is 0.157. The molecule has 1 N–H and O–H groups in total. The zero-order valence-corrected chi connectivity index (χ0v) is 9.55. The highest BCUT2D eigenvalue weighted by molar-refractivity contribution is 7.15.